The molecule has 0 unspecified atom stereocenters. The molecule has 0 aliphatic carbocycles. The maximum Gasteiger partial charge on any atom is 0.264 e. The van der Waals surface area contributed by atoms with Crippen LogP contribution in [0.25, 0.3) is 23.2 Å². The molecule has 4 rings (SSSR count). The lowest BCUT2D eigenvalue weighted by Crippen LogP contribution is -2.20. The van der Waals surface area contributed by atoms with Crippen molar-refractivity contribution < 1.29 is 0 Å². The lowest BCUT2D eigenvalue weighted by molar-refractivity contribution is 0.693. The fourth-order valence-corrected chi connectivity index (χ4v) is 3.39. The normalized spacial score (nSPS) is 11.5. The molecule has 0 fully saturated rings. The molecular formula is C21H16Cl2N4O. The van der Waals surface area contributed by atoms with Crippen molar-refractivity contribution >= 4 is 46.4 Å². The second-order valence-corrected chi connectivity index (χ2v) is 7.23. The number of halogens is 2. The number of rotatable bonds is 4. The van der Waals surface area contributed by atoms with Crippen LogP contribution in [0.15, 0.2) is 59.5 Å². The minimum Gasteiger partial charge on any atom is -0.296 e. The Bertz CT molecular complexity index is 1240. The van der Waals surface area contributed by atoms with Crippen molar-refractivity contribution in [3.8, 4) is 0 Å². The number of hydrogen-bond acceptors (Lipinski definition) is 3. The van der Waals surface area contributed by atoms with E-state index in [9.17, 15) is 4.79 Å². The van der Waals surface area contributed by atoms with Crippen molar-refractivity contribution in [3.05, 3.63) is 92.1 Å². The van der Waals surface area contributed by atoms with Crippen molar-refractivity contribution in [2.75, 3.05) is 0 Å². The molecule has 0 radical (unpaired) electrons. The largest absolute Gasteiger partial charge is 0.296 e. The van der Waals surface area contributed by atoms with Gasteiger partial charge in [-0.25, -0.2) is 4.98 Å². The number of fused-ring (bicyclic) bond motifs is 1. The zero-order chi connectivity index (χ0) is 19.7. The molecule has 4 aromatic rings. The van der Waals surface area contributed by atoms with Crippen LogP contribution in [0, 0.1) is 0 Å². The summed E-state index contributed by atoms with van der Waals surface area (Å²) in [6.07, 6.45) is 5.28. The molecule has 0 atom stereocenters. The molecule has 28 heavy (non-hydrogen) atoms. The molecule has 0 bridgehead atoms. The van der Waals surface area contributed by atoms with Gasteiger partial charge in [-0.3, -0.25) is 14.0 Å². The molecule has 2 aromatic heterocycles. The third kappa shape index (κ3) is 3.72. The summed E-state index contributed by atoms with van der Waals surface area (Å²) in [5, 5.41) is 6.05. The van der Waals surface area contributed by atoms with E-state index < -0.39 is 0 Å². The fraction of sp³-hybridized carbons (Fsp3) is 0.0952. The van der Waals surface area contributed by atoms with Crippen LogP contribution >= 0.6 is 23.2 Å². The van der Waals surface area contributed by atoms with Crippen molar-refractivity contribution in [1.29, 1.82) is 0 Å². The van der Waals surface area contributed by atoms with Gasteiger partial charge in [0.25, 0.3) is 5.56 Å². The Labute approximate surface area is 171 Å². The first-order valence-corrected chi connectivity index (χ1v) is 9.38. The van der Waals surface area contributed by atoms with Gasteiger partial charge in [-0.05, 0) is 35.4 Å². The highest BCUT2D eigenvalue weighted by atomic mass is 35.5. The lowest BCUT2D eigenvalue weighted by Gasteiger charge is -2.03. The van der Waals surface area contributed by atoms with Crippen LogP contribution in [-0.4, -0.2) is 19.3 Å². The Morgan fingerprint density at radius 3 is 2.61 bits per heavy atom. The monoisotopic (exact) mass is 410 g/mol. The van der Waals surface area contributed by atoms with E-state index in [1.165, 1.54) is 4.57 Å². The maximum atomic E-state index is 12.7. The minimum absolute atomic E-state index is 0.147. The van der Waals surface area contributed by atoms with E-state index in [1.807, 2.05) is 36.4 Å². The van der Waals surface area contributed by atoms with Crippen LogP contribution in [-0.2, 0) is 13.6 Å². The summed E-state index contributed by atoms with van der Waals surface area (Å²) in [5.74, 6) is 0.494. The molecule has 0 amide bonds. The van der Waals surface area contributed by atoms with Gasteiger partial charge in [-0.2, -0.15) is 5.10 Å². The van der Waals surface area contributed by atoms with E-state index in [0.717, 1.165) is 11.1 Å². The average Bonchev–Trinajstić information content (AvgIpc) is 3.08. The SMILES string of the molecule is Cn1c(/C=C/c2ccc(Cl)cc2Cl)nc2nn(Cc3ccccc3)cc2c1=O. The van der Waals surface area contributed by atoms with Gasteiger partial charge < -0.3 is 0 Å². The molecule has 2 heterocycles. The Balaban J connectivity index is 1.70. The Morgan fingerprint density at radius 2 is 1.86 bits per heavy atom. The number of nitrogens with zero attached hydrogens (tertiary/aromatic N) is 4. The molecule has 0 spiro atoms. The van der Waals surface area contributed by atoms with E-state index in [0.29, 0.717) is 33.4 Å². The fourth-order valence-electron chi connectivity index (χ4n) is 2.91. The molecule has 140 valence electrons. The van der Waals surface area contributed by atoms with E-state index in [-0.39, 0.29) is 5.56 Å². The third-order valence-electron chi connectivity index (χ3n) is 4.40. The Hall–Kier alpha value is -2.89. The van der Waals surface area contributed by atoms with E-state index in [4.69, 9.17) is 23.2 Å². The molecule has 2 aromatic carbocycles. The summed E-state index contributed by atoms with van der Waals surface area (Å²) in [6, 6.07) is 15.2. The number of hydrogen-bond donors (Lipinski definition) is 0. The summed E-state index contributed by atoms with van der Waals surface area (Å²) < 4.78 is 3.23. The van der Waals surface area contributed by atoms with Crippen molar-refractivity contribution in [1.82, 2.24) is 19.3 Å². The van der Waals surface area contributed by atoms with E-state index >= 15 is 0 Å². The third-order valence-corrected chi connectivity index (χ3v) is 4.97. The van der Waals surface area contributed by atoms with Crippen LogP contribution in [0.1, 0.15) is 17.0 Å². The maximum absolute atomic E-state index is 12.7. The molecular weight excluding hydrogens is 395 g/mol. The van der Waals surface area contributed by atoms with Crippen LogP contribution in [0.4, 0.5) is 0 Å². The van der Waals surface area contributed by atoms with Gasteiger partial charge in [0, 0.05) is 23.3 Å². The second kappa shape index (κ2) is 7.62. The molecule has 0 aliphatic heterocycles. The van der Waals surface area contributed by atoms with Crippen LogP contribution in [0.2, 0.25) is 10.0 Å². The summed E-state index contributed by atoms with van der Waals surface area (Å²) >= 11 is 12.1. The average molecular weight is 411 g/mol. The molecule has 0 saturated heterocycles. The van der Waals surface area contributed by atoms with Gasteiger partial charge in [0.15, 0.2) is 5.65 Å². The summed E-state index contributed by atoms with van der Waals surface area (Å²) in [6.45, 7) is 0.575. The van der Waals surface area contributed by atoms with Crippen molar-refractivity contribution in [2.45, 2.75) is 6.54 Å². The standard InChI is InChI=1S/C21H16Cl2N4O/c1-26-19(10-8-15-7-9-16(22)11-18(15)23)24-20-17(21(26)28)13-27(25-20)12-14-5-3-2-4-6-14/h2-11,13H,12H2,1H3/b10-8+. The quantitative estimate of drug-likeness (QED) is 0.491. The first kappa shape index (κ1) is 18.5. The van der Waals surface area contributed by atoms with Gasteiger partial charge in [-0.1, -0.05) is 59.6 Å². The number of aromatic nitrogens is 4. The highest BCUT2D eigenvalue weighted by Gasteiger charge is 2.11. The molecule has 0 N–H and O–H groups in total. The summed E-state index contributed by atoms with van der Waals surface area (Å²) in [4.78, 5) is 17.3. The topological polar surface area (TPSA) is 52.7 Å². The first-order valence-electron chi connectivity index (χ1n) is 8.62. The van der Waals surface area contributed by atoms with E-state index in [2.05, 4.69) is 10.1 Å². The van der Waals surface area contributed by atoms with Crippen LogP contribution < -0.4 is 5.56 Å². The Kier molecular flexibility index (Phi) is 5.03. The van der Waals surface area contributed by atoms with Gasteiger partial charge in [0.2, 0.25) is 0 Å². The zero-order valence-electron chi connectivity index (χ0n) is 15.0. The zero-order valence-corrected chi connectivity index (χ0v) is 16.5. The van der Waals surface area contributed by atoms with Crippen molar-refractivity contribution in [2.24, 2.45) is 7.05 Å². The molecule has 0 aliphatic rings. The predicted molar refractivity (Wildman–Crippen MR) is 114 cm³/mol. The smallest absolute Gasteiger partial charge is 0.264 e. The highest BCUT2D eigenvalue weighted by molar-refractivity contribution is 6.35. The van der Waals surface area contributed by atoms with Crippen molar-refractivity contribution in [3.63, 3.8) is 0 Å². The molecule has 0 saturated carbocycles. The molecule has 7 heteroatoms. The van der Waals surface area contributed by atoms with Gasteiger partial charge in [-0.15, -0.1) is 0 Å². The second-order valence-electron chi connectivity index (χ2n) is 6.38. The van der Waals surface area contributed by atoms with E-state index in [1.54, 1.807) is 42.2 Å². The summed E-state index contributed by atoms with van der Waals surface area (Å²) in [5.41, 5.74) is 2.16. The number of benzene rings is 2. The van der Waals surface area contributed by atoms with Gasteiger partial charge in [0.1, 0.15) is 11.2 Å². The summed E-state index contributed by atoms with van der Waals surface area (Å²) in [7, 11) is 1.69. The Morgan fingerprint density at radius 1 is 1.07 bits per heavy atom. The first-order chi connectivity index (χ1) is 13.5. The van der Waals surface area contributed by atoms with Crippen LogP contribution in [0.5, 0.6) is 0 Å². The predicted octanol–water partition coefficient (Wildman–Crippen LogP) is 4.66. The minimum atomic E-state index is -0.147. The van der Waals surface area contributed by atoms with Gasteiger partial charge >= 0.3 is 0 Å². The van der Waals surface area contributed by atoms with Crippen LogP contribution in [0.3, 0.4) is 0 Å². The lowest BCUT2D eigenvalue weighted by atomic mass is 10.2. The highest BCUT2D eigenvalue weighted by Crippen LogP contribution is 2.22. The van der Waals surface area contributed by atoms with Gasteiger partial charge in [0.05, 0.1) is 6.54 Å². The molecule has 5 nitrogen and oxygen atoms in total.